The first kappa shape index (κ1) is 20.8. The molecule has 4 nitrogen and oxygen atoms in total. The number of aromatic amines is 1. The fourth-order valence-corrected chi connectivity index (χ4v) is 4.11. The molecule has 1 heterocycles. The van der Waals surface area contributed by atoms with Crippen LogP contribution in [0.4, 0.5) is 0 Å². The molecule has 2 N–H and O–H groups in total. The molecule has 0 saturated carbocycles. The van der Waals surface area contributed by atoms with Gasteiger partial charge in [-0.1, -0.05) is 43.7 Å². The zero-order chi connectivity index (χ0) is 19.6. The molecule has 28 heavy (non-hydrogen) atoms. The molecule has 3 rings (SSSR count). The molecule has 2 aromatic rings. The van der Waals surface area contributed by atoms with Gasteiger partial charge in [-0.25, -0.2) is 4.98 Å². The molecule has 1 aromatic heterocycles. The lowest BCUT2D eigenvalue weighted by molar-refractivity contribution is 0.269. The quantitative estimate of drug-likeness (QED) is 0.484. The molecule has 0 amide bonds. The summed E-state index contributed by atoms with van der Waals surface area (Å²) >= 11 is 0. The van der Waals surface area contributed by atoms with Crippen molar-refractivity contribution in [1.82, 2.24) is 20.2 Å². The Kier molecular flexibility index (Phi) is 8.31. The summed E-state index contributed by atoms with van der Waals surface area (Å²) in [6.45, 7) is 9.98. The number of aromatic nitrogens is 2. The van der Waals surface area contributed by atoms with Crippen molar-refractivity contribution in [3.63, 3.8) is 0 Å². The van der Waals surface area contributed by atoms with Gasteiger partial charge in [0.05, 0.1) is 6.54 Å². The summed E-state index contributed by atoms with van der Waals surface area (Å²) in [6.07, 6.45) is 13.6. The van der Waals surface area contributed by atoms with E-state index in [1.807, 2.05) is 6.20 Å². The number of nitrogens with zero attached hydrogens (tertiary/aromatic N) is 2. The van der Waals surface area contributed by atoms with Gasteiger partial charge in [-0.15, -0.1) is 0 Å². The molecule has 1 aliphatic carbocycles. The van der Waals surface area contributed by atoms with Crippen LogP contribution in [0.3, 0.4) is 0 Å². The van der Waals surface area contributed by atoms with E-state index in [4.69, 9.17) is 0 Å². The van der Waals surface area contributed by atoms with Crippen molar-refractivity contribution in [2.75, 3.05) is 19.6 Å². The zero-order valence-electron chi connectivity index (χ0n) is 17.6. The molecule has 0 unspecified atom stereocenters. The van der Waals surface area contributed by atoms with Crippen molar-refractivity contribution in [2.45, 2.75) is 65.5 Å². The van der Waals surface area contributed by atoms with Gasteiger partial charge in [0, 0.05) is 18.9 Å². The van der Waals surface area contributed by atoms with Crippen LogP contribution in [-0.2, 0) is 19.5 Å². The monoisotopic (exact) mass is 380 g/mol. The number of unbranched alkanes of at least 4 members (excludes halogenated alkanes) is 1. The largest absolute Gasteiger partial charge is 0.348 e. The molecule has 4 heteroatoms. The van der Waals surface area contributed by atoms with Gasteiger partial charge in [-0.3, -0.25) is 0 Å². The van der Waals surface area contributed by atoms with E-state index >= 15 is 0 Å². The molecule has 0 saturated heterocycles. The van der Waals surface area contributed by atoms with Crippen molar-refractivity contribution >= 4 is 6.08 Å². The van der Waals surface area contributed by atoms with Crippen LogP contribution >= 0.6 is 0 Å². The number of rotatable bonds is 13. The van der Waals surface area contributed by atoms with E-state index in [1.54, 1.807) is 11.8 Å². The van der Waals surface area contributed by atoms with Gasteiger partial charge in [0.25, 0.3) is 0 Å². The highest BCUT2D eigenvalue weighted by Gasteiger charge is 2.13. The summed E-state index contributed by atoms with van der Waals surface area (Å²) in [4.78, 5) is 10.0. The first-order valence-corrected chi connectivity index (χ1v) is 11.0. The first-order valence-electron chi connectivity index (χ1n) is 11.0. The van der Waals surface area contributed by atoms with E-state index in [9.17, 15) is 0 Å². The molecule has 0 atom stereocenters. The first-order chi connectivity index (χ1) is 13.8. The molecule has 0 radical (unpaired) electrons. The molecule has 1 aromatic carbocycles. The van der Waals surface area contributed by atoms with Crippen LogP contribution in [0.15, 0.2) is 36.2 Å². The van der Waals surface area contributed by atoms with E-state index in [0.717, 1.165) is 25.3 Å². The number of hydrogen-bond acceptors (Lipinski definition) is 3. The van der Waals surface area contributed by atoms with E-state index in [0.29, 0.717) is 0 Å². The number of fused-ring (bicyclic) bond motifs is 1. The van der Waals surface area contributed by atoms with Crippen LogP contribution in [-0.4, -0.2) is 34.5 Å². The maximum atomic E-state index is 4.25. The lowest BCUT2D eigenvalue weighted by Gasteiger charge is -2.20. The van der Waals surface area contributed by atoms with Crippen LogP contribution in [0.2, 0.25) is 0 Å². The highest BCUT2D eigenvalue weighted by molar-refractivity contribution is 5.64. The number of H-pyrrole nitrogens is 1. The highest BCUT2D eigenvalue weighted by atomic mass is 15.1. The standard InChI is InChI=1S/C24H36N4/c1-3-12-28(13-4-2)14-6-5-7-20-15-22-9-8-21(17-23(22)16-20)18-25-19-24-26-10-11-27-24/h8-11,15,17,25H,3-7,12-14,16,18-19H2,1-2H3,(H,26,27). The van der Waals surface area contributed by atoms with Gasteiger partial charge in [0.15, 0.2) is 0 Å². The predicted molar refractivity (Wildman–Crippen MR) is 118 cm³/mol. The van der Waals surface area contributed by atoms with Crippen LogP contribution in [0, 0.1) is 0 Å². The van der Waals surface area contributed by atoms with Crippen molar-refractivity contribution in [3.8, 4) is 0 Å². The van der Waals surface area contributed by atoms with Crippen molar-refractivity contribution in [3.05, 3.63) is 58.7 Å². The molecular weight excluding hydrogens is 344 g/mol. The molecule has 0 spiro atoms. The molecular formula is C24H36N4. The minimum absolute atomic E-state index is 0.778. The minimum Gasteiger partial charge on any atom is -0.348 e. The smallest absolute Gasteiger partial charge is 0.120 e. The Hall–Kier alpha value is -1.91. The lowest BCUT2D eigenvalue weighted by Crippen LogP contribution is -2.26. The van der Waals surface area contributed by atoms with Crippen LogP contribution < -0.4 is 5.32 Å². The Morgan fingerprint density at radius 1 is 1.07 bits per heavy atom. The van der Waals surface area contributed by atoms with Gasteiger partial charge < -0.3 is 15.2 Å². The zero-order valence-corrected chi connectivity index (χ0v) is 17.6. The van der Waals surface area contributed by atoms with Gasteiger partial charge in [0.1, 0.15) is 5.82 Å². The number of nitrogens with one attached hydrogen (secondary N) is 2. The second-order valence-electron chi connectivity index (χ2n) is 7.95. The minimum atomic E-state index is 0.778. The summed E-state index contributed by atoms with van der Waals surface area (Å²) in [5.74, 6) is 0.988. The Bertz CT molecular complexity index is 727. The Morgan fingerprint density at radius 3 is 2.68 bits per heavy atom. The van der Waals surface area contributed by atoms with Crippen molar-refractivity contribution in [1.29, 1.82) is 0 Å². The normalized spacial score (nSPS) is 13.2. The maximum Gasteiger partial charge on any atom is 0.120 e. The van der Waals surface area contributed by atoms with Gasteiger partial charge in [0.2, 0.25) is 0 Å². The fraction of sp³-hybridized carbons (Fsp3) is 0.542. The van der Waals surface area contributed by atoms with E-state index < -0.39 is 0 Å². The van der Waals surface area contributed by atoms with Crippen LogP contribution in [0.5, 0.6) is 0 Å². The number of hydrogen-bond donors (Lipinski definition) is 2. The molecule has 1 aliphatic rings. The average molecular weight is 381 g/mol. The molecule has 0 fully saturated rings. The number of imidazole rings is 1. The Labute approximate surface area is 170 Å². The second kappa shape index (κ2) is 11.2. The Balaban J connectivity index is 1.39. The van der Waals surface area contributed by atoms with E-state index in [2.05, 4.69) is 58.3 Å². The average Bonchev–Trinajstić information content (AvgIpc) is 3.34. The number of benzene rings is 1. The molecule has 152 valence electrons. The summed E-state index contributed by atoms with van der Waals surface area (Å²) in [7, 11) is 0. The van der Waals surface area contributed by atoms with Crippen LogP contribution in [0.1, 0.15) is 68.5 Å². The van der Waals surface area contributed by atoms with Gasteiger partial charge in [-0.05, 0) is 74.8 Å². The third-order valence-electron chi connectivity index (χ3n) is 5.46. The topological polar surface area (TPSA) is 44.0 Å². The summed E-state index contributed by atoms with van der Waals surface area (Å²) < 4.78 is 0. The third-order valence-corrected chi connectivity index (χ3v) is 5.46. The van der Waals surface area contributed by atoms with Crippen molar-refractivity contribution in [2.24, 2.45) is 0 Å². The summed E-state index contributed by atoms with van der Waals surface area (Å²) in [5.41, 5.74) is 5.87. The van der Waals surface area contributed by atoms with Crippen LogP contribution in [0.25, 0.3) is 6.08 Å². The predicted octanol–water partition coefficient (Wildman–Crippen LogP) is 4.93. The lowest BCUT2D eigenvalue weighted by atomic mass is 10.0. The molecule has 0 aliphatic heterocycles. The SMILES string of the molecule is CCCN(CCC)CCCCC1=Cc2ccc(CNCc3ncc[nH]3)cc2C1. The fourth-order valence-electron chi connectivity index (χ4n) is 4.11. The second-order valence-corrected chi connectivity index (χ2v) is 7.95. The summed E-state index contributed by atoms with van der Waals surface area (Å²) in [5, 5.41) is 3.46. The van der Waals surface area contributed by atoms with E-state index in [-0.39, 0.29) is 0 Å². The maximum absolute atomic E-state index is 4.25. The third kappa shape index (κ3) is 6.32. The van der Waals surface area contributed by atoms with Gasteiger partial charge >= 0.3 is 0 Å². The van der Waals surface area contributed by atoms with E-state index in [1.165, 1.54) is 68.4 Å². The number of allylic oxidation sites excluding steroid dienone is 1. The highest BCUT2D eigenvalue weighted by Crippen LogP contribution is 2.28. The Morgan fingerprint density at radius 2 is 1.93 bits per heavy atom. The summed E-state index contributed by atoms with van der Waals surface area (Å²) in [6, 6.07) is 6.91. The van der Waals surface area contributed by atoms with Gasteiger partial charge in [-0.2, -0.15) is 0 Å². The molecule has 0 bridgehead atoms. The van der Waals surface area contributed by atoms with Crippen molar-refractivity contribution < 1.29 is 0 Å².